The van der Waals surface area contributed by atoms with Gasteiger partial charge in [-0.05, 0) is 25.1 Å². The lowest BCUT2D eigenvalue weighted by atomic mass is 9.83. The summed E-state index contributed by atoms with van der Waals surface area (Å²) in [5, 5.41) is 0. The van der Waals surface area contributed by atoms with Crippen molar-refractivity contribution < 1.29 is 13.9 Å². The first-order valence-electron chi connectivity index (χ1n) is 5.31. The molecule has 1 heterocycles. The van der Waals surface area contributed by atoms with Crippen LogP contribution in [0.2, 0.25) is 0 Å². The first-order valence-corrected chi connectivity index (χ1v) is 5.31. The Bertz CT molecular complexity index is 389. The molecule has 1 aromatic carbocycles. The highest BCUT2D eigenvalue weighted by atomic mass is 19.1. The summed E-state index contributed by atoms with van der Waals surface area (Å²) >= 11 is 0. The van der Waals surface area contributed by atoms with Gasteiger partial charge in [0.1, 0.15) is 11.6 Å². The Kier molecular flexibility index (Phi) is 2.86. The lowest BCUT2D eigenvalue weighted by Gasteiger charge is -2.45. The second kappa shape index (κ2) is 4.03. The molecule has 4 heteroatoms. The molecule has 1 fully saturated rings. The molecule has 16 heavy (non-hydrogen) atoms. The maximum Gasteiger partial charge on any atom is 0.125 e. The van der Waals surface area contributed by atoms with Crippen molar-refractivity contribution in [3.63, 3.8) is 0 Å². The summed E-state index contributed by atoms with van der Waals surface area (Å²) < 4.78 is 24.1. The standard InChI is InChI=1S/C12H16FNO2/c1-12(6-9(7-14)16-12)10-5-8(13)3-4-11(10)15-2/h3-5,9H,6-7,14H2,1-2H3. The van der Waals surface area contributed by atoms with Crippen LogP contribution in [0, 0.1) is 5.82 Å². The lowest BCUT2D eigenvalue weighted by molar-refractivity contribution is -0.198. The molecule has 2 rings (SSSR count). The molecule has 0 amide bonds. The predicted molar refractivity (Wildman–Crippen MR) is 58.8 cm³/mol. The number of benzene rings is 1. The molecule has 0 bridgehead atoms. The van der Waals surface area contributed by atoms with Gasteiger partial charge >= 0.3 is 0 Å². The fourth-order valence-corrected chi connectivity index (χ4v) is 2.19. The smallest absolute Gasteiger partial charge is 0.125 e. The zero-order valence-electron chi connectivity index (χ0n) is 9.50. The van der Waals surface area contributed by atoms with Gasteiger partial charge in [0, 0.05) is 18.5 Å². The molecule has 0 aromatic heterocycles. The highest BCUT2D eigenvalue weighted by Crippen LogP contribution is 2.44. The van der Waals surface area contributed by atoms with Gasteiger partial charge in [0.05, 0.1) is 18.8 Å². The van der Waals surface area contributed by atoms with Gasteiger partial charge in [-0.1, -0.05) is 0 Å². The quantitative estimate of drug-likeness (QED) is 0.853. The van der Waals surface area contributed by atoms with E-state index in [0.29, 0.717) is 12.3 Å². The van der Waals surface area contributed by atoms with E-state index in [1.54, 1.807) is 13.2 Å². The molecule has 1 aromatic rings. The SMILES string of the molecule is COc1ccc(F)cc1C1(C)CC(CN)O1. The summed E-state index contributed by atoms with van der Waals surface area (Å²) in [5.41, 5.74) is 5.78. The molecule has 0 spiro atoms. The molecular weight excluding hydrogens is 209 g/mol. The third-order valence-electron chi connectivity index (χ3n) is 3.04. The van der Waals surface area contributed by atoms with Crippen LogP contribution in [0.1, 0.15) is 18.9 Å². The van der Waals surface area contributed by atoms with Gasteiger partial charge in [0.2, 0.25) is 0 Å². The Morgan fingerprint density at radius 1 is 1.62 bits per heavy atom. The van der Waals surface area contributed by atoms with Gasteiger partial charge in [-0.25, -0.2) is 4.39 Å². The molecule has 3 nitrogen and oxygen atoms in total. The van der Waals surface area contributed by atoms with Crippen LogP contribution in [0.15, 0.2) is 18.2 Å². The van der Waals surface area contributed by atoms with Crippen molar-refractivity contribution in [2.24, 2.45) is 5.73 Å². The first kappa shape index (κ1) is 11.4. The van der Waals surface area contributed by atoms with E-state index in [0.717, 1.165) is 12.0 Å². The number of hydrogen-bond donors (Lipinski definition) is 1. The maximum atomic E-state index is 13.2. The van der Waals surface area contributed by atoms with Crippen molar-refractivity contribution in [2.45, 2.75) is 25.0 Å². The molecular formula is C12H16FNO2. The van der Waals surface area contributed by atoms with Crippen molar-refractivity contribution in [1.29, 1.82) is 0 Å². The third kappa shape index (κ3) is 1.79. The van der Waals surface area contributed by atoms with Crippen molar-refractivity contribution in [2.75, 3.05) is 13.7 Å². The molecule has 1 aliphatic rings. The monoisotopic (exact) mass is 225 g/mol. The molecule has 1 saturated heterocycles. The molecule has 0 aliphatic carbocycles. The van der Waals surface area contributed by atoms with Crippen molar-refractivity contribution >= 4 is 0 Å². The van der Waals surface area contributed by atoms with Gasteiger partial charge < -0.3 is 15.2 Å². The maximum absolute atomic E-state index is 13.2. The average Bonchev–Trinajstić information content (AvgIpc) is 2.24. The Hall–Kier alpha value is -1.13. The molecule has 1 aliphatic heterocycles. The van der Waals surface area contributed by atoms with E-state index < -0.39 is 5.60 Å². The summed E-state index contributed by atoms with van der Waals surface area (Å²) in [7, 11) is 1.57. The largest absolute Gasteiger partial charge is 0.496 e. The Balaban J connectivity index is 2.29. The number of halogens is 1. The fraction of sp³-hybridized carbons (Fsp3) is 0.500. The van der Waals surface area contributed by atoms with Crippen LogP contribution in [-0.2, 0) is 10.3 Å². The average molecular weight is 225 g/mol. The van der Waals surface area contributed by atoms with Gasteiger partial charge in [0.15, 0.2) is 0 Å². The van der Waals surface area contributed by atoms with E-state index in [4.69, 9.17) is 15.2 Å². The van der Waals surface area contributed by atoms with Gasteiger partial charge in [-0.2, -0.15) is 0 Å². The van der Waals surface area contributed by atoms with Gasteiger partial charge in [-0.3, -0.25) is 0 Å². The summed E-state index contributed by atoms with van der Waals surface area (Å²) in [6.07, 6.45) is 0.863. The molecule has 88 valence electrons. The van der Waals surface area contributed by atoms with Gasteiger partial charge in [-0.15, -0.1) is 0 Å². The van der Waals surface area contributed by atoms with Crippen LogP contribution >= 0.6 is 0 Å². The van der Waals surface area contributed by atoms with Crippen LogP contribution in [-0.4, -0.2) is 19.8 Å². The van der Waals surface area contributed by atoms with E-state index in [2.05, 4.69) is 0 Å². The summed E-state index contributed by atoms with van der Waals surface area (Å²) in [5.74, 6) is 0.371. The van der Waals surface area contributed by atoms with E-state index >= 15 is 0 Å². The summed E-state index contributed by atoms with van der Waals surface area (Å²) in [4.78, 5) is 0. The first-order chi connectivity index (χ1) is 7.59. The normalized spacial score (nSPS) is 28.6. The predicted octanol–water partition coefficient (Wildman–Crippen LogP) is 1.80. The van der Waals surface area contributed by atoms with E-state index in [-0.39, 0.29) is 11.9 Å². The van der Waals surface area contributed by atoms with Gasteiger partial charge in [0.25, 0.3) is 0 Å². The highest BCUT2D eigenvalue weighted by molar-refractivity contribution is 5.39. The van der Waals surface area contributed by atoms with E-state index in [1.807, 2.05) is 6.92 Å². The Morgan fingerprint density at radius 3 is 2.88 bits per heavy atom. The highest BCUT2D eigenvalue weighted by Gasteiger charge is 2.44. The van der Waals surface area contributed by atoms with Crippen LogP contribution in [0.3, 0.4) is 0 Å². The fourth-order valence-electron chi connectivity index (χ4n) is 2.19. The van der Waals surface area contributed by atoms with Crippen molar-refractivity contribution in [3.8, 4) is 5.75 Å². The third-order valence-corrected chi connectivity index (χ3v) is 3.04. The minimum atomic E-state index is -0.475. The molecule has 0 radical (unpaired) electrons. The zero-order chi connectivity index (χ0) is 11.8. The lowest BCUT2D eigenvalue weighted by Crippen LogP contribution is -2.49. The summed E-state index contributed by atoms with van der Waals surface area (Å²) in [6, 6.07) is 4.46. The number of methoxy groups -OCH3 is 1. The topological polar surface area (TPSA) is 44.5 Å². The summed E-state index contributed by atoms with van der Waals surface area (Å²) in [6.45, 7) is 2.42. The Morgan fingerprint density at radius 2 is 2.31 bits per heavy atom. The molecule has 2 N–H and O–H groups in total. The van der Waals surface area contributed by atoms with Crippen LogP contribution < -0.4 is 10.5 Å². The van der Waals surface area contributed by atoms with E-state index in [9.17, 15) is 4.39 Å². The second-order valence-corrected chi connectivity index (χ2v) is 4.26. The van der Waals surface area contributed by atoms with Crippen molar-refractivity contribution in [3.05, 3.63) is 29.6 Å². The second-order valence-electron chi connectivity index (χ2n) is 4.26. The minimum absolute atomic E-state index is 0.0676. The number of ether oxygens (including phenoxy) is 2. The van der Waals surface area contributed by atoms with E-state index in [1.165, 1.54) is 12.1 Å². The molecule has 0 saturated carbocycles. The number of nitrogens with two attached hydrogens (primary N) is 1. The zero-order valence-corrected chi connectivity index (χ0v) is 9.50. The van der Waals surface area contributed by atoms with Crippen LogP contribution in [0.5, 0.6) is 5.75 Å². The minimum Gasteiger partial charge on any atom is -0.496 e. The Labute approximate surface area is 94.3 Å². The number of hydrogen-bond acceptors (Lipinski definition) is 3. The molecule has 2 unspecified atom stereocenters. The number of rotatable bonds is 3. The van der Waals surface area contributed by atoms with Crippen LogP contribution in [0.25, 0.3) is 0 Å². The van der Waals surface area contributed by atoms with Crippen molar-refractivity contribution in [1.82, 2.24) is 0 Å². The molecule has 2 atom stereocenters. The van der Waals surface area contributed by atoms with Crippen LogP contribution in [0.4, 0.5) is 4.39 Å².